The third-order valence-corrected chi connectivity index (χ3v) is 6.71. The minimum absolute atomic E-state index is 0.00593. The summed E-state index contributed by atoms with van der Waals surface area (Å²) in [4.78, 5) is 12.6. The second kappa shape index (κ2) is 8.92. The van der Waals surface area contributed by atoms with Crippen LogP contribution in [0.3, 0.4) is 0 Å². The third-order valence-electron chi connectivity index (χ3n) is 5.80. The molecule has 0 aliphatic carbocycles. The number of carbonyl (C=O) groups excluding carboxylic acids is 1. The highest BCUT2D eigenvalue weighted by molar-refractivity contribution is 7.86. The highest BCUT2D eigenvalue weighted by Crippen LogP contribution is 2.31. The molecule has 5 nitrogen and oxygen atoms in total. The summed E-state index contributed by atoms with van der Waals surface area (Å²) in [7, 11) is -4.37. The monoisotopic (exact) mass is 467 g/mol. The molecule has 0 atom stereocenters. The summed E-state index contributed by atoms with van der Waals surface area (Å²) in [6.45, 7) is 13.1. The fraction of sp³-hybridized carbons (Fsp3) is 0.370. The number of anilines is 1. The van der Waals surface area contributed by atoms with E-state index in [-0.39, 0.29) is 21.6 Å². The van der Waals surface area contributed by atoms with Gasteiger partial charge < -0.3 is 5.32 Å². The molecule has 0 saturated carbocycles. The topological polar surface area (TPSA) is 83.5 Å². The van der Waals surface area contributed by atoms with Crippen LogP contribution in [0.25, 0.3) is 10.8 Å². The standard InChI is InChI=1S/C27H33NO4S/c1-26(2,3)19-15-18(16-20(17-19)27(4,5)6)13-14-25(29)28-23-11-7-10-22-21(23)9-8-12-24(22)33(30,31)32/h7-12,15-17H,13-14H2,1-6H3,(H,28,29)(H,30,31,32). The van der Waals surface area contributed by atoms with Gasteiger partial charge >= 0.3 is 0 Å². The number of aryl methyl sites for hydroxylation is 1. The number of hydrogen-bond donors (Lipinski definition) is 2. The van der Waals surface area contributed by atoms with Gasteiger partial charge in [-0.15, -0.1) is 0 Å². The fourth-order valence-corrected chi connectivity index (χ4v) is 4.49. The van der Waals surface area contributed by atoms with Crippen LogP contribution in [0.1, 0.15) is 64.7 Å². The minimum atomic E-state index is -4.37. The Morgan fingerprint density at radius 1 is 0.848 bits per heavy atom. The lowest BCUT2D eigenvalue weighted by atomic mass is 9.79. The van der Waals surface area contributed by atoms with Crippen molar-refractivity contribution in [3.05, 3.63) is 71.3 Å². The quantitative estimate of drug-likeness (QED) is 0.434. The molecule has 0 aliphatic heterocycles. The Balaban J connectivity index is 1.84. The van der Waals surface area contributed by atoms with E-state index in [1.165, 1.54) is 17.2 Å². The van der Waals surface area contributed by atoms with Crippen LogP contribution in [0.2, 0.25) is 0 Å². The zero-order valence-corrected chi connectivity index (χ0v) is 21.0. The smallest absolute Gasteiger partial charge is 0.295 e. The molecule has 33 heavy (non-hydrogen) atoms. The van der Waals surface area contributed by atoms with E-state index >= 15 is 0 Å². The van der Waals surface area contributed by atoms with Crippen molar-refractivity contribution in [3.63, 3.8) is 0 Å². The molecule has 0 saturated heterocycles. The Morgan fingerprint density at radius 2 is 1.39 bits per heavy atom. The van der Waals surface area contributed by atoms with Crippen molar-refractivity contribution < 1.29 is 17.8 Å². The van der Waals surface area contributed by atoms with E-state index in [1.54, 1.807) is 30.3 Å². The lowest BCUT2D eigenvalue weighted by Crippen LogP contribution is -2.18. The molecule has 0 aromatic heterocycles. The van der Waals surface area contributed by atoms with Gasteiger partial charge in [-0.25, -0.2) is 0 Å². The van der Waals surface area contributed by atoms with Crippen LogP contribution < -0.4 is 5.32 Å². The second-order valence-electron chi connectivity index (χ2n) is 10.6. The summed E-state index contributed by atoms with van der Waals surface area (Å²) in [5, 5.41) is 3.84. The van der Waals surface area contributed by atoms with E-state index in [1.807, 2.05) is 0 Å². The van der Waals surface area contributed by atoms with Gasteiger partial charge in [-0.2, -0.15) is 8.42 Å². The van der Waals surface area contributed by atoms with Gasteiger partial charge in [-0.05, 0) is 46.1 Å². The Morgan fingerprint density at radius 3 is 1.94 bits per heavy atom. The van der Waals surface area contributed by atoms with Gasteiger partial charge in [0.25, 0.3) is 10.1 Å². The molecule has 3 aromatic carbocycles. The molecule has 0 heterocycles. The number of benzene rings is 3. The van der Waals surface area contributed by atoms with Crippen molar-refractivity contribution >= 4 is 32.5 Å². The molecular weight excluding hydrogens is 434 g/mol. The maximum Gasteiger partial charge on any atom is 0.295 e. The van der Waals surface area contributed by atoms with E-state index < -0.39 is 10.1 Å². The van der Waals surface area contributed by atoms with E-state index in [0.29, 0.717) is 29.3 Å². The first-order chi connectivity index (χ1) is 15.2. The van der Waals surface area contributed by atoms with E-state index in [9.17, 15) is 17.8 Å². The first kappa shape index (κ1) is 24.9. The lowest BCUT2D eigenvalue weighted by molar-refractivity contribution is -0.116. The number of amides is 1. The fourth-order valence-electron chi connectivity index (χ4n) is 3.79. The molecule has 0 bridgehead atoms. The lowest BCUT2D eigenvalue weighted by Gasteiger charge is -2.26. The summed E-state index contributed by atoms with van der Waals surface area (Å²) >= 11 is 0. The Bertz CT molecular complexity index is 1260. The van der Waals surface area contributed by atoms with Crippen LogP contribution in [-0.4, -0.2) is 18.9 Å². The van der Waals surface area contributed by atoms with Crippen LogP contribution in [0.4, 0.5) is 5.69 Å². The van der Waals surface area contributed by atoms with Crippen LogP contribution in [0.15, 0.2) is 59.5 Å². The van der Waals surface area contributed by atoms with Crippen molar-refractivity contribution in [3.8, 4) is 0 Å². The predicted molar refractivity (Wildman–Crippen MR) is 135 cm³/mol. The zero-order valence-electron chi connectivity index (χ0n) is 20.2. The SMILES string of the molecule is CC(C)(C)c1cc(CCC(=O)Nc2cccc3c(S(=O)(=O)O)cccc23)cc(C(C)(C)C)c1. The van der Waals surface area contributed by atoms with Crippen molar-refractivity contribution in [2.45, 2.75) is 70.1 Å². The zero-order chi connectivity index (χ0) is 24.6. The van der Waals surface area contributed by atoms with Crippen LogP contribution in [0.5, 0.6) is 0 Å². The summed E-state index contributed by atoms with van der Waals surface area (Å²) < 4.78 is 32.9. The molecule has 0 radical (unpaired) electrons. The molecule has 3 rings (SSSR count). The van der Waals surface area contributed by atoms with Crippen LogP contribution >= 0.6 is 0 Å². The molecule has 0 unspecified atom stereocenters. The normalized spacial score (nSPS) is 12.7. The van der Waals surface area contributed by atoms with Gasteiger partial charge in [-0.1, -0.05) is 84.0 Å². The van der Waals surface area contributed by atoms with Gasteiger partial charge in [0, 0.05) is 22.9 Å². The third kappa shape index (κ3) is 6.01. The van der Waals surface area contributed by atoms with Gasteiger partial charge in [0.05, 0.1) is 0 Å². The number of hydrogen-bond acceptors (Lipinski definition) is 3. The number of rotatable bonds is 5. The summed E-state index contributed by atoms with van der Waals surface area (Å²) in [6.07, 6.45) is 0.894. The minimum Gasteiger partial charge on any atom is -0.326 e. The average molecular weight is 468 g/mol. The van der Waals surface area contributed by atoms with Gasteiger partial charge in [0.15, 0.2) is 0 Å². The Labute approximate surface area is 197 Å². The number of carbonyl (C=O) groups is 1. The second-order valence-corrected chi connectivity index (χ2v) is 12.0. The van der Waals surface area contributed by atoms with Crippen molar-refractivity contribution in [1.29, 1.82) is 0 Å². The first-order valence-corrected chi connectivity index (χ1v) is 12.5. The molecule has 0 aliphatic rings. The van der Waals surface area contributed by atoms with Crippen LogP contribution in [0, 0.1) is 0 Å². The predicted octanol–water partition coefficient (Wildman–Crippen LogP) is 6.25. The van der Waals surface area contributed by atoms with E-state index in [2.05, 4.69) is 65.1 Å². The number of fused-ring (bicyclic) bond motifs is 1. The molecule has 3 aromatic rings. The average Bonchev–Trinajstić information content (AvgIpc) is 2.70. The molecular formula is C27H33NO4S. The largest absolute Gasteiger partial charge is 0.326 e. The summed E-state index contributed by atoms with van der Waals surface area (Å²) in [6, 6.07) is 16.2. The van der Waals surface area contributed by atoms with Crippen molar-refractivity contribution in [2.75, 3.05) is 5.32 Å². The van der Waals surface area contributed by atoms with Crippen molar-refractivity contribution in [1.82, 2.24) is 0 Å². The van der Waals surface area contributed by atoms with Gasteiger partial charge in [0.2, 0.25) is 5.91 Å². The molecule has 1 amide bonds. The van der Waals surface area contributed by atoms with E-state index in [4.69, 9.17) is 0 Å². The van der Waals surface area contributed by atoms with Gasteiger partial charge in [0.1, 0.15) is 4.90 Å². The molecule has 176 valence electrons. The molecule has 6 heteroatoms. The maximum atomic E-state index is 12.8. The Kier molecular flexibility index (Phi) is 6.74. The maximum absolute atomic E-state index is 12.8. The van der Waals surface area contributed by atoms with Crippen LogP contribution in [-0.2, 0) is 32.2 Å². The summed E-state index contributed by atoms with van der Waals surface area (Å²) in [5.74, 6) is -0.154. The first-order valence-electron chi connectivity index (χ1n) is 11.1. The highest BCUT2D eigenvalue weighted by Gasteiger charge is 2.21. The Hall–Kier alpha value is -2.70. The summed E-state index contributed by atoms with van der Waals surface area (Å²) in [5.41, 5.74) is 4.14. The molecule has 2 N–H and O–H groups in total. The van der Waals surface area contributed by atoms with E-state index in [0.717, 1.165) is 5.56 Å². The highest BCUT2D eigenvalue weighted by atomic mass is 32.2. The number of nitrogens with one attached hydrogen (secondary N) is 1. The molecule has 0 spiro atoms. The van der Waals surface area contributed by atoms with Gasteiger partial charge in [-0.3, -0.25) is 9.35 Å². The van der Waals surface area contributed by atoms with Crippen molar-refractivity contribution in [2.24, 2.45) is 0 Å². The molecule has 0 fully saturated rings.